The fourth-order valence-corrected chi connectivity index (χ4v) is 3.43. The Morgan fingerprint density at radius 2 is 2.00 bits per heavy atom. The Labute approximate surface area is 136 Å². The van der Waals surface area contributed by atoms with E-state index in [9.17, 15) is 4.79 Å². The summed E-state index contributed by atoms with van der Waals surface area (Å²) in [4.78, 5) is 18.6. The van der Waals surface area contributed by atoms with Crippen LogP contribution in [0.3, 0.4) is 0 Å². The summed E-state index contributed by atoms with van der Waals surface area (Å²) in [6, 6.07) is 4.22. The molecule has 4 nitrogen and oxygen atoms in total. The highest BCUT2D eigenvalue weighted by Crippen LogP contribution is 2.32. The van der Waals surface area contributed by atoms with Crippen LogP contribution in [0.5, 0.6) is 0 Å². The Morgan fingerprint density at radius 3 is 2.68 bits per heavy atom. The molecule has 1 N–H and O–H groups in total. The summed E-state index contributed by atoms with van der Waals surface area (Å²) < 4.78 is 1.21. The van der Waals surface area contributed by atoms with Crippen LogP contribution in [0.1, 0.15) is 37.3 Å². The predicted molar refractivity (Wildman–Crippen MR) is 94.9 cm³/mol. The van der Waals surface area contributed by atoms with Crippen LogP contribution in [-0.2, 0) is 4.79 Å². The van der Waals surface area contributed by atoms with Gasteiger partial charge in [0.15, 0.2) is 5.13 Å². The molecule has 0 saturated carbocycles. The van der Waals surface area contributed by atoms with Crippen LogP contribution in [0.25, 0.3) is 10.2 Å². The van der Waals surface area contributed by atoms with Crippen LogP contribution >= 0.6 is 11.3 Å². The lowest BCUT2D eigenvalue weighted by molar-refractivity contribution is -0.119. The normalized spacial score (nSPS) is 10.9. The van der Waals surface area contributed by atoms with Gasteiger partial charge in [-0.25, -0.2) is 4.98 Å². The highest BCUT2D eigenvalue weighted by atomic mass is 32.1. The molecule has 0 radical (unpaired) electrons. The van der Waals surface area contributed by atoms with Gasteiger partial charge in [0.2, 0.25) is 5.91 Å². The predicted octanol–water partition coefficient (Wildman–Crippen LogP) is 3.66. The van der Waals surface area contributed by atoms with Gasteiger partial charge in [0.25, 0.3) is 0 Å². The van der Waals surface area contributed by atoms with Crippen molar-refractivity contribution < 1.29 is 4.79 Å². The number of fused-ring (bicyclic) bond motifs is 1. The minimum atomic E-state index is 0.0614. The zero-order chi connectivity index (χ0) is 16.1. The zero-order valence-electron chi connectivity index (χ0n) is 13.9. The standard InChI is InChI=1S/C17H25N3OS/c1-5-6-7-10-18-14(21)11-20(4)17-19-15-12(2)8-9-13(3)16(15)22-17/h8-9H,5-7,10-11H2,1-4H3,(H,18,21). The summed E-state index contributed by atoms with van der Waals surface area (Å²) in [6.07, 6.45) is 3.37. The maximum absolute atomic E-state index is 12.0. The fraction of sp³-hybridized carbons (Fsp3) is 0.529. The number of hydrogen-bond donors (Lipinski definition) is 1. The number of unbranched alkanes of at least 4 members (excludes halogenated alkanes) is 2. The van der Waals surface area contributed by atoms with E-state index in [4.69, 9.17) is 4.98 Å². The molecule has 0 fully saturated rings. The molecule has 0 unspecified atom stereocenters. The van der Waals surface area contributed by atoms with Crippen LogP contribution < -0.4 is 10.2 Å². The van der Waals surface area contributed by atoms with Crippen LogP contribution in [0, 0.1) is 13.8 Å². The van der Waals surface area contributed by atoms with Gasteiger partial charge in [-0.15, -0.1) is 0 Å². The van der Waals surface area contributed by atoms with Crippen molar-refractivity contribution in [1.29, 1.82) is 0 Å². The van der Waals surface area contributed by atoms with Gasteiger partial charge in [-0.05, 0) is 31.4 Å². The summed E-state index contributed by atoms with van der Waals surface area (Å²) in [6.45, 7) is 7.45. The van der Waals surface area contributed by atoms with Gasteiger partial charge in [-0.1, -0.05) is 43.2 Å². The molecule has 2 rings (SSSR count). The summed E-state index contributed by atoms with van der Waals surface area (Å²) in [5.74, 6) is 0.0614. The lowest BCUT2D eigenvalue weighted by atomic mass is 10.1. The lowest BCUT2D eigenvalue weighted by Crippen LogP contribution is -2.35. The van der Waals surface area contributed by atoms with Crippen molar-refractivity contribution in [3.8, 4) is 0 Å². The highest BCUT2D eigenvalue weighted by molar-refractivity contribution is 7.22. The van der Waals surface area contributed by atoms with E-state index in [1.807, 2.05) is 11.9 Å². The molecule has 0 atom stereocenters. The molecule has 0 spiro atoms. The van der Waals surface area contributed by atoms with E-state index in [0.29, 0.717) is 6.54 Å². The summed E-state index contributed by atoms with van der Waals surface area (Å²) >= 11 is 1.65. The molecule has 0 saturated heterocycles. The number of anilines is 1. The summed E-state index contributed by atoms with van der Waals surface area (Å²) in [7, 11) is 1.92. The average molecular weight is 319 g/mol. The molecule has 0 aliphatic rings. The Bertz CT molecular complexity index is 612. The number of carbonyl (C=O) groups excluding carboxylic acids is 1. The van der Waals surface area contributed by atoms with Crippen molar-refractivity contribution >= 4 is 32.6 Å². The van der Waals surface area contributed by atoms with Crippen LogP contribution in [0.15, 0.2) is 12.1 Å². The molecule has 2 aromatic rings. The van der Waals surface area contributed by atoms with Gasteiger partial charge in [0.05, 0.1) is 16.8 Å². The average Bonchev–Trinajstić information content (AvgIpc) is 2.94. The zero-order valence-corrected chi connectivity index (χ0v) is 14.7. The van der Waals surface area contributed by atoms with Gasteiger partial charge in [0, 0.05) is 13.6 Å². The molecule has 0 aliphatic heterocycles. The van der Waals surface area contributed by atoms with Crippen molar-refractivity contribution in [3.05, 3.63) is 23.3 Å². The number of rotatable bonds is 7. The van der Waals surface area contributed by atoms with E-state index < -0.39 is 0 Å². The van der Waals surface area contributed by atoms with Gasteiger partial charge in [-0.2, -0.15) is 0 Å². The van der Waals surface area contributed by atoms with Crippen LogP contribution in [0.2, 0.25) is 0 Å². The van der Waals surface area contributed by atoms with E-state index in [2.05, 4.69) is 38.2 Å². The maximum Gasteiger partial charge on any atom is 0.239 e. The third-order valence-corrected chi connectivity index (χ3v) is 5.05. The summed E-state index contributed by atoms with van der Waals surface area (Å²) in [5.41, 5.74) is 3.47. The van der Waals surface area contributed by atoms with E-state index in [1.54, 1.807) is 11.3 Å². The number of carbonyl (C=O) groups is 1. The molecule has 120 valence electrons. The minimum absolute atomic E-state index is 0.0614. The van der Waals surface area contributed by atoms with Gasteiger partial charge >= 0.3 is 0 Å². The van der Waals surface area contributed by atoms with Crippen molar-refractivity contribution in [2.75, 3.05) is 25.0 Å². The maximum atomic E-state index is 12.0. The number of thiazole rings is 1. The van der Waals surface area contributed by atoms with Crippen molar-refractivity contribution in [2.45, 2.75) is 40.0 Å². The second-order valence-corrected chi connectivity index (χ2v) is 6.76. The van der Waals surface area contributed by atoms with E-state index in [0.717, 1.165) is 30.0 Å². The monoisotopic (exact) mass is 319 g/mol. The largest absolute Gasteiger partial charge is 0.355 e. The molecule has 1 heterocycles. The number of aromatic nitrogens is 1. The van der Waals surface area contributed by atoms with E-state index >= 15 is 0 Å². The number of hydrogen-bond acceptors (Lipinski definition) is 4. The third-order valence-electron chi connectivity index (χ3n) is 3.74. The Kier molecular flexibility index (Phi) is 5.77. The van der Waals surface area contributed by atoms with E-state index in [-0.39, 0.29) is 5.91 Å². The molecule has 1 amide bonds. The number of benzene rings is 1. The molecule has 1 aromatic carbocycles. The Balaban J connectivity index is 2.01. The minimum Gasteiger partial charge on any atom is -0.355 e. The Morgan fingerprint density at radius 1 is 1.27 bits per heavy atom. The fourth-order valence-electron chi connectivity index (χ4n) is 2.35. The van der Waals surface area contributed by atoms with E-state index in [1.165, 1.54) is 22.2 Å². The summed E-state index contributed by atoms with van der Waals surface area (Å²) in [5, 5.41) is 3.87. The third kappa shape index (κ3) is 3.97. The molecular weight excluding hydrogens is 294 g/mol. The SMILES string of the molecule is CCCCCNC(=O)CN(C)c1nc2c(C)ccc(C)c2s1. The Hall–Kier alpha value is -1.62. The van der Waals surface area contributed by atoms with Crippen molar-refractivity contribution in [1.82, 2.24) is 10.3 Å². The first-order valence-corrected chi connectivity index (χ1v) is 8.69. The van der Waals surface area contributed by atoms with Crippen molar-refractivity contribution in [2.24, 2.45) is 0 Å². The number of aryl methyl sites for hydroxylation is 2. The number of nitrogens with one attached hydrogen (secondary N) is 1. The number of nitrogens with zero attached hydrogens (tertiary/aromatic N) is 2. The molecule has 0 aliphatic carbocycles. The molecular formula is C17H25N3OS. The highest BCUT2D eigenvalue weighted by Gasteiger charge is 2.14. The first-order valence-electron chi connectivity index (χ1n) is 7.87. The topological polar surface area (TPSA) is 45.2 Å². The van der Waals surface area contributed by atoms with Crippen LogP contribution in [0.4, 0.5) is 5.13 Å². The van der Waals surface area contributed by atoms with Gasteiger partial charge < -0.3 is 10.2 Å². The molecule has 0 bridgehead atoms. The molecule has 5 heteroatoms. The number of amides is 1. The first-order chi connectivity index (χ1) is 10.5. The number of likely N-dealkylation sites (N-methyl/N-ethyl adjacent to an activating group) is 1. The van der Waals surface area contributed by atoms with Crippen LogP contribution in [-0.4, -0.2) is 31.0 Å². The quantitative estimate of drug-likeness (QED) is 0.792. The smallest absolute Gasteiger partial charge is 0.239 e. The molecule has 22 heavy (non-hydrogen) atoms. The molecule has 1 aromatic heterocycles. The van der Waals surface area contributed by atoms with Crippen molar-refractivity contribution in [3.63, 3.8) is 0 Å². The van der Waals surface area contributed by atoms with Gasteiger partial charge in [-0.3, -0.25) is 4.79 Å². The van der Waals surface area contributed by atoms with Gasteiger partial charge in [0.1, 0.15) is 0 Å². The first kappa shape index (κ1) is 16.7. The second kappa shape index (κ2) is 7.58. The lowest BCUT2D eigenvalue weighted by Gasteiger charge is -2.15. The second-order valence-electron chi connectivity index (χ2n) is 5.79.